The summed E-state index contributed by atoms with van der Waals surface area (Å²) in [7, 11) is 0. The largest absolute Gasteiger partial charge is 0.466 e. The molecule has 0 aliphatic carbocycles. The lowest BCUT2D eigenvalue weighted by molar-refractivity contribution is -0.131. The van der Waals surface area contributed by atoms with E-state index in [-0.39, 0.29) is 24.9 Å². The molecular formula is C22H17F2N3O2S. The Morgan fingerprint density at radius 1 is 1.07 bits per heavy atom. The molecule has 0 bridgehead atoms. The van der Waals surface area contributed by atoms with E-state index in [2.05, 4.69) is 9.36 Å². The third-order valence-electron chi connectivity index (χ3n) is 5.27. The molecule has 30 heavy (non-hydrogen) atoms. The Bertz CT molecular complexity index is 1240. The summed E-state index contributed by atoms with van der Waals surface area (Å²) in [6, 6.07) is 18.1. The van der Waals surface area contributed by atoms with Crippen molar-refractivity contribution in [2.24, 2.45) is 0 Å². The number of benzene rings is 2. The van der Waals surface area contributed by atoms with Gasteiger partial charge in [-0.15, -0.1) is 0 Å². The maximum absolute atomic E-state index is 14.6. The normalized spacial score (nSPS) is 18.6. The molecule has 2 aromatic heterocycles. The first kappa shape index (κ1) is 18.9. The minimum Gasteiger partial charge on any atom is -0.466 e. The van der Waals surface area contributed by atoms with Crippen LogP contribution in [0.3, 0.4) is 0 Å². The van der Waals surface area contributed by atoms with Crippen LogP contribution in [0.25, 0.3) is 21.8 Å². The van der Waals surface area contributed by atoms with Crippen molar-refractivity contribution < 1.29 is 18.3 Å². The zero-order valence-electron chi connectivity index (χ0n) is 15.8. The SMILES string of the molecule is O=C(c1snc2ccccc12)N1CCC(F)(F)[C@@H](Oc2ccc3ccccc3n2)C1. The fraction of sp³-hybridized carbons (Fsp3) is 0.227. The number of carbonyl (C=O) groups excluding carboxylic acids is 1. The number of halogens is 2. The zero-order chi connectivity index (χ0) is 20.7. The van der Waals surface area contributed by atoms with Crippen molar-refractivity contribution in [2.45, 2.75) is 18.4 Å². The van der Waals surface area contributed by atoms with Gasteiger partial charge in [0, 0.05) is 29.8 Å². The molecule has 2 aromatic carbocycles. The van der Waals surface area contributed by atoms with Crippen LogP contribution >= 0.6 is 11.5 Å². The molecule has 0 N–H and O–H groups in total. The molecule has 1 aliphatic heterocycles. The molecule has 0 radical (unpaired) electrons. The topological polar surface area (TPSA) is 55.3 Å². The van der Waals surface area contributed by atoms with Crippen LogP contribution in [0.2, 0.25) is 0 Å². The van der Waals surface area contributed by atoms with Gasteiger partial charge in [0.2, 0.25) is 5.88 Å². The highest BCUT2D eigenvalue weighted by molar-refractivity contribution is 7.09. The Hall–Kier alpha value is -3.13. The van der Waals surface area contributed by atoms with Gasteiger partial charge in [0.25, 0.3) is 11.8 Å². The van der Waals surface area contributed by atoms with Crippen LogP contribution in [-0.2, 0) is 0 Å². The van der Waals surface area contributed by atoms with Crippen molar-refractivity contribution in [2.75, 3.05) is 13.1 Å². The van der Waals surface area contributed by atoms with E-state index in [1.54, 1.807) is 18.2 Å². The summed E-state index contributed by atoms with van der Waals surface area (Å²) in [4.78, 5) is 19.2. The van der Waals surface area contributed by atoms with Gasteiger partial charge in [-0.25, -0.2) is 13.8 Å². The van der Waals surface area contributed by atoms with Gasteiger partial charge in [-0.1, -0.05) is 36.4 Å². The van der Waals surface area contributed by atoms with Crippen molar-refractivity contribution >= 4 is 39.2 Å². The molecular weight excluding hydrogens is 408 g/mol. The molecule has 1 fully saturated rings. The van der Waals surface area contributed by atoms with E-state index in [1.807, 2.05) is 42.5 Å². The molecule has 3 heterocycles. The fourth-order valence-electron chi connectivity index (χ4n) is 3.62. The average Bonchev–Trinajstić information content (AvgIpc) is 3.19. The first-order chi connectivity index (χ1) is 14.5. The van der Waals surface area contributed by atoms with Gasteiger partial charge in [0.1, 0.15) is 4.88 Å². The molecule has 4 aromatic rings. The number of alkyl halides is 2. The highest BCUT2D eigenvalue weighted by Gasteiger charge is 2.47. The highest BCUT2D eigenvalue weighted by atomic mass is 32.1. The summed E-state index contributed by atoms with van der Waals surface area (Å²) in [5, 5.41) is 1.63. The van der Waals surface area contributed by atoms with Crippen molar-refractivity contribution in [1.29, 1.82) is 0 Å². The molecule has 1 saturated heterocycles. The first-order valence-electron chi connectivity index (χ1n) is 9.55. The summed E-state index contributed by atoms with van der Waals surface area (Å²) in [6.45, 7) is -0.254. The van der Waals surface area contributed by atoms with Crippen LogP contribution in [0, 0.1) is 0 Å². The third kappa shape index (κ3) is 3.37. The second-order valence-corrected chi connectivity index (χ2v) is 8.01. The molecule has 0 saturated carbocycles. The Kier molecular flexibility index (Phi) is 4.58. The first-order valence-corrected chi connectivity index (χ1v) is 10.3. The van der Waals surface area contributed by atoms with E-state index in [1.165, 1.54) is 4.90 Å². The fourth-order valence-corrected chi connectivity index (χ4v) is 4.45. The number of pyridine rings is 1. The molecule has 1 amide bonds. The summed E-state index contributed by atoms with van der Waals surface area (Å²) < 4.78 is 39.1. The molecule has 0 unspecified atom stereocenters. The van der Waals surface area contributed by atoms with E-state index < -0.39 is 18.4 Å². The van der Waals surface area contributed by atoms with Gasteiger partial charge in [-0.3, -0.25) is 4.79 Å². The quantitative estimate of drug-likeness (QED) is 0.474. The molecule has 0 spiro atoms. The van der Waals surface area contributed by atoms with Gasteiger partial charge in [0.05, 0.1) is 17.6 Å². The highest BCUT2D eigenvalue weighted by Crippen LogP contribution is 2.33. The number of nitrogens with zero attached hydrogens (tertiary/aromatic N) is 3. The average molecular weight is 425 g/mol. The lowest BCUT2D eigenvalue weighted by atomic mass is 10.0. The number of para-hydroxylation sites is 1. The van der Waals surface area contributed by atoms with Crippen LogP contribution in [0.4, 0.5) is 8.78 Å². The number of carbonyl (C=O) groups is 1. The molecule has 5 rings (SSSR count). The lowest BCUT2D eigenvalue weighted by Crippen LogP contribution is -2.55. The van der Waals surface area contributed by atoms with Crippen LogP contribution in [-0.4, -0.2) is 45.3 Å². The molecule has 152 valence electrons. The maximum atomic E-state index is 14.6. The van der Waals surface area contributed by atoms with Crippen molar-refractivity contribution in [3.8, 4) is 5.88 Å². The number of rotatable bonds is 3. The molecule has 5 nitrogen and oxygen atoms in total. The number of amides is 1. The predicted molar refractivity (Wildman–Crippen MR) is 111 cm³/mol. The number of hydrogen-bond acceptors (Lipinski definition) is 5. The zero-order valence-corrected chi connectivity index (χ0v) is 16.6. The third-order valence-corrected chi connectivity index (χ3v) is 6.14. The summed E-state index contributed by atoms with van der Waals surface area (Å²) in [5.41, 5.74) is 1.39. The maximum Gasteiger partial charge on any atom is 0.287 e. The Labute approximate surface area is 175 Å². The van der Waals surface area contributed by atoms with Gasteiger partial charge in [-0.05, 0) is 29.7 Å². The second kappa shape index (κ2) is 7.28. The van der Waals surface area contributed by atoms with Crippen LogP contribution in [0.1, 0.15) is 16.1 Å². The number of ether oxygens (including phenoxy) is 1. The van der Waals surface area contributed by atoms with Crippen LogP contribution < -0.4 is 4.74 Å². The molecule has 1 aliphatic rings. The van der Waals surface area contributed by atoms with Crippen molar-refractivity contribution in [1.82, 2.24) is 14.3 Å². The Morgan fingerprint density at radius 2 is 1.83 bits per heavy atom. The van der Waals surface area contributed by atoms with E-state index in [0.29, 0.717) is 10.4 Å². The predicted octanol–water partition coefficient (Wildman–Crippen LogP) is 4.77. The smallest absolute Gasteiger partial charge is 0.287 e. The van der Waals surface area contributed by atoms with Gasteiger partial charge < -0.3 is 9.64 Å². The minimum absolute atomic E-state index is 0.0386. The van der Waals surface area contributed by atoms with Crippen LogP contribution in [0.15, 0.2) is 60.7 Å². The number of likely N-dealkylation sites (tertiary alicyclic amines) is 1. The molecule has 1 atom stereocenters. The Morgan fingerprint density at radius 3 is 2.70 bits per heavy atom. The Balaban J connectivity index is 1.39. The summed E-state index contributed by atoms with van der Waals surface area (Å²) >= 11 is 1.09. The van der Waals surface area contributed by atoms with E-state index >= 15 is 0 Å². The minimum atomic E-state index is -3.06. The van der Waals surface area contributed by atoms with E-state index in [9.17, 15) is 13.6 Å². The number of hydrogen-bond donors (Lipinski definition) is 0. The van der Waals surface area contributed by atoms with E-state index in [0.717, 1.165) is 27.8 Å². The standard InChI is InChI=1S/C22H17F2N3O2S/c23-22(24)11-12-27(21(28)20-15-6-2-4-8-17(15)26-30-20)13-18(22)29-19-10-9-14-5-1-3-7-16(14)25-19/h1-10,18H,11-13H2/t18-/m0/s1. The number of aromatic nitrogens is 2. The van der Waals surface area contributed by atoms with Gasteiger partial charge in [0.15, 0.2) is 6.10 Å². The van der Waals surface area contributed by atoms with Crippen molar-refractivity contribution in [3.63, 3.8) is 0 Å². The monoisotopic (exact) mass is 425 g/mol. The summed E-state index contributed by atoms with van der Waals surface area (Å²) in [6.07, 6.45) is -1.93. The number of fused-ring (bicyclic) bond motifs is 2. The second-order valence-electron chi connectivity index (χ2n) is 7.24. The van der Waals surface area contributed by atoms with Gasteiger partial charge >= 0.3 is 0 Å². The van der Waals surface area contributed by atoms with E-state index in [4.69, 9.17) is 4.74 Å². The van der Waals surface area contributed by atoms with Crippen molar-refractivity contribution in [3.05, 3.63) is 65.5 Å². The number of piperidine rings is 1. The summed E-state index contributed by atoms with van der Waals surface area (Å²) in [5.74, 6) is -3.24. The van der Waals surface area contributed by atoms with Crippen LogP contribution in [0.5, 0.6) is 5.88 Å². The van der Waals surface area contributed by atoms with Gasteiger partial charge in [-0.2, -0.15) is 4.37 Å². The lowest BCUT2D eigenvalue weighted by Gasteiger charge is -2.37. The molecule has 8 heteroatoms.